The number of fused-ring (bicyclic) bond motifs is 1. The Morgan fingerprint density at radius 1 is 1.41 bits per heavy atom. The second-order valence-corrected chi connectivity index (χ2v) is 6.91. The molecular weight excluding hydrogens is 349 g/mol. The maximum absolute atomic E-state index is 14.2. The number of nitrogens with zero attached hydrogens (tertiary/aromatic N) is 3. The van der Waals surface area contributed by atoms with Gasteiger partial charge >= 0.3 is 0 Å². The van der Waals surface area contributed by atoms with Crippen LogP contribution in [0.5, 0.6) is 0 Å². The Morgan fingerprint density at radius 2 is 2.22 bits per heavy atom. The summed E-state index contributed by atoms with van der Waals surface area (Å²) < 4.78 is 19.6. The summed E-state index contributed by atoms with van der Waals surface area (Å²) in [6.07, 6.45) is 2.41. The van der Waals surface area contributed by atoms with Gasteiger partial charge in [-0.3, -0.25) is 9.59 Å². The molecule has 0 N–H and O–H groups in total. The standard InChI is InChI=1S/C20H20FN3O3/c1-2-8-23-11-13(10-18(23)25)20(26)24-9-7-17-15(12-24)19(22-27-17)14-5-3-4-6-16(14)21/h2-6,13H,1,7-12H2/t13-/m0/s1. The lowest BCUT2D eigenvalue weighted by atomic mass is 9.99. The molecule has 1 aromatic carbocycles. The van der Waals surface area contributed by atoms with E-state index in [0.717, 1.165) is 5.56 Å². The summed E-state index contributed by atoms with van der Waals surface area (Å²) in [6.45, 7) is 5.33. The molecule has 3 heterocycles. The van der Waals surface area contributed by atoms with Gasteiger partial charge in [0.2, 0.25) is 11.8 Å². The highest BCUT2D eigenvalue weighted by molar-refractivity contribution is 5.89. The minimum absolute atomic E-state index is 0.0250. The third kappa shape index (κ3) is 3.13. The Bertz CT molecular complexity index is 908. The number of halogens is 1. The number of aromatic nitrogens is 1. The van der Waals surface area contributed by atoms with Crippen LogP contribution in [-0.4, -0.2) is 46.4 Å². The van der Waals surface area contributed by atoms with Crippen molar-refractivity contribution in [3.63, 3.8) is 0 Å². The Balaban J connectivity index is 1.54. The topological polar surface area (TPSA) is 66.7 Å². The summed E-state index contributed by atoms with van der Waals surface area (Å²) in [5.41, 5.74) is 1.55. The van der Waals surface area contributed by atoms with Crippen molar-refractivity contribution in [2.75, 3.05) is 19.6 Å². The molecule has 1 fully saturated rings. The third-order valence-electron chi connectivity index (χ3n) is 5.18. The maximum atomic E-state index is 14.2. The highest BCUT2D eigenvalue weighted by atomic mass is 19.1. The van der Waals surface area contributed by atoms with E-state index in [2.05, 4.69) is 11.7 Å². The summed E-state index contributed by atoms with van der Waals surface area (Å²) >= 11 is 0. The van der Waals surface area contributed by atoms with E-state index >= 15 is 0 Å². The molecule has 2 aromatic rings. The van der Waals surface area contributed by atoms with Gasteiger partial charge in [-0.25, -0.2) is 4.39 Å². The Labute approximate surface area is 156 Å². The van der Waals surface area contributed by atoms with Gasteiger partial charge in [-0.1, -0.05) is 23.4 Å². The summed E-state index contributed by atoms with van der Waals surface area (Å²) in [5.74, 6) is -0.119. The second-order valence-electron chi connectivity index (χ2n) is 6.91. The van der Waals surface area contributed by atoms with Gasteiger partial charge < -0.3 is 14.3 Å². The van der Waals surface area contributed by atoms with Crippen LogP contribution in [-0.2, 0) is 22.6 Å². The molecular formula is C20H20FN3O3. The van der Waals surface area contributed by atoms with Gasteiger partial charge in [-0.15, -0.1) is 6.58 Å². The van der Waals surface area contributed by atoms with Crippen molar-refractivity contribution in [1.29, 1.82) is 0 Å². The van der Waals surface area contributed by atoms with E-state index in [0.29, 0.717) is 49.6 Å². The fourth-order valence-corrected chi connectivity index (χ4v) is 3.79. The zero-order valence-corrected chi connectivity index (χ0v) is 14.9. The third-order valence-corrected chi connectivity index (χ3v) is 5.18. The molecule has 27 heavy (non-hydrogen) atoms. The van der Waals surface area contributed by atoms with Crippen molar-refractivity contribution < 1.29 is 18.5 Å². The normalized spacial score (nSPS) is 19.3. The lowest BCUT2D eigenvalue weighted by Crippen LogP contribution is -2.40. The zero-order valence-electron chi connectivity index (χ0n) is 14.9. The number of rotatable bonds is 4. The first kappa shape index (κ1) is 17.5. The van der Waals surface area contributed by atoms with Crippen molar-refractivity contribution in [1.82, 2.24) is 15.0 Å². The van der Waals surface area contributed by atoms with Crippen LogP contribution >= 0.6 is 0 Å². The van der Waals surface area contributed by atoms with Crippen LogP contribution < -0.4 is 0 Å². The van der Waals surface area contributed by atoms with E-state index < -0.39 is 0 Å². The van der Waals surface area contributed by atoms with Crippen molar-refractivity contribution in [3.8, 4) is 11.3 Å². The van der Waals surface area contributed by atoms with Crippen molar-refractivity contribution in [3.05, 3.63) is 54.1 Å². The smallest absolute Gasteiger partial charge is 0.228 e. The monoisotopic (exact) mass is 369 g/mol. The Kier molecular flexibility index (Phi) is 4.51. The first-order chi connectivity index (χ1) is 13.1. The average Bonchev–Trinajstić information content (AvgIpc) is 3.25. The van der Waals surface area contributed by atoms with Crippen LogP contribution in [0.4, 0.5) is 4.39 Å². The maximum Gasteiger partial charge on any atom is 0.228 e. The minimum atomic E-state index is -0.376. The van der Waals surface area contributed by atoms with Crippen LogP contribution in [0.3, 0.4) is 0 Å². The molecule has 6 nitrogen and oxygen atoms in total. The number of benzene rings is 1. The van der Waals surface area contributed by atoms with Gasteiger partial charge in [0.05, 0.1) is 12.5 Å². The highest BCUT2D eigenvalue weighted by Gasteiger charge is 2.38. The quantitative estimate of drug-likeness (QED) is 0.777. The summed E-state index contributed by atoms with van der Waals surface area (Å²) in [4.78, 5) is 28.3. The van der Waals surface area contributed by atoms with Crippen molar-refractivity contribution in [2.24, 2.45) is 5.92 Å². The molecule has 1 atom stereocenters. The molecule has 0 radical (unpaired) electrons. The van der Waals surface area contributed by atoms with Crippen molar-refractivity contribution in [2.45, 2.75) is 19.4 Å². The number of amides is 2. The first-order valence-electron chi connectivity index (χ1n) is 8.98. The lowest BCUT2D eigenvalue weighted by molar-refractivity contribution is -0.136. The van der Waals surface area contributed by atoms with Gasteiger partial charge in [0.25, 0.3) is 0 Å². The minimum Gasteiger partial charge on any atom is -0.360 e. The lowest BCUT2D eigenvalue weighted by Gasteiger charge is -2.28. The predicted molar refractivity (Wildman–Crippen MR) is 95.9 cm³/mol. The van der Waals surface area contributed by atoms with E-state index in [1.165, 1.54) is 6.07 Å². The molecule has 0 saturated carbocycles. The molecule has 2 aliphatic heterocycles. The Morgan fingerprint density at radius 3 is 3.00 bits per heavy atom. The summed E-state index contributed by atoms with van der Waals surface area (Å²) in [5, 5.41) is 4.04. The molecule has 1 saturated heterocycles. The summed E-state index contributed by atoms with van der Waals surface area (Å²) in [7, 11) is 0. The van der Waals surface area contributed by atoms with E-state index in [9.17, 15) is 14.0 Å². The number of hydrogen-bond donors (Lipinski definition) is 0. The van der Waals surface area contributed by atoms with Gasteiger partial charge in [0.15, 0.2) is 0 Å². The number of likely N-dealkylation sites (tertiary alicyclic amines) is 1. The van der Waals surface area contributed by atoms with E-state index in [1.54, 1.807) is 34.1 Å². The van der Waals surface area contributed by atoms with Crippen LogP contribution in [0.2, 0.25) is 0 Å². The highest BCUT2D eigenvalue weighted by Crippen LogP contribution is 2.32. The average molecular weight is 369 g/mol. The van der Waals surface area contributed by atoms with Gasteiger partial charge in [-0.2, -0.15) is 0 Å². The van der Waals surface area contributed by atoms with Gasteiger partial charge in [0, 0.05) is 43.6 Å². The van der Waals surface area contributed by atoms with Crippen LogP contribution in [0.15, 0.2) is 41.4 Å². The van der Waals surface area contributed by atoms with Gasteiger partial charge in [-0.05, 0) is 12.1 Å². The molecule has 1 aromatic heterocycles. The molecule has 2 aliphatic rings. The molecule has 0 spiro atoms. The molecule has 0 unspecified atom stereocenters. The second kappa shape index (κ2) is 6.98. The fraction of sp³-hybridized carbons (Fsp3) is 0.350. The molecule has 4 rings (SSSR count). The van der Waals surface area contributed by atoms with E-state index in [4.69, 9.17) is 4.52 Å². The SMILES string of the molecule is C=CCN1C[C@@H](C(=O)N2CCc3onc(-c4ccccc4F)c3C2)CC1=O. The number of carbonyl (C=O) groups excluding carboxylic acids is 2. The van der Waals surface area contributed by atoms with Crippen LogP contribution in [0.25, 0.3) is 11.3 Å². The predicted octanol–water partition coefficient (Wildman–Crippen LogP) is 2.40. The number of hydrogen-bond acceptors (Lipinski definition) is 4. The van der Waals surface area contributed by atoms with E-state index in [-0.39, 0.29) is 30.0 Å². The Hall–Kier alpha value is -2.96. The molecule has 0 aliphatic carbocycles. The van der Waals surface area contributed by atoms with Crippen LogP contribution in [0.1, 0.15) is 17.7 Å². The molecule has 2 amide bonds. The first-order valence-corrected chi connectivity index (χ1v) is 8.98. The zero-order chi connectivity index (χ0) is 19.0. The van der Waals surface area contributed by atoms with Crippen LogP contribution in [0, 0.1) is 11.7 Å². The number of carbonyl (C=O) groups is 2. The van der Waals surface area contributed by atoms with Crippen molar-refractivity contribution >= 4 is 11.8 Å². The van der Waals surface area contributed by atoms with E-state index in [1.807, 2.05) is 0 Å². The molecule has 0 bridgehead atoms. The molecule has 7 heteroatoms. The summed E-state index contributed by atoms with van der Waals surface area (Å²) in [6, 6.07) is 6.38. The van der Waals surface area contributed by atoms with Gasteiger partial charge in [0.1, 0.15) is 17.3 Å². The fourth-order valence-electron chi connectivity index (χ4n) is 3.79. The largest absolute Gasteiger partial charge is 0.360 e. The molecule has 140 valence electrons.